The van der Waals surface area contributed by atoms with Crippen LogP contribution < -0.4 is 5.32 Å². The number of carbonyl (C=O) groups is 1. The molecule has 0 heterocycles. The van der Waals surface area contributed by atoms with Crippen molar-refractivity contribution in [1.82, 2.24) is 5.32 Å². The normalized spacial score (nSPS) is 9.44. The van der Waals surface area contributed by atoms with Crippen molar-refractivity contribution < 1.29 is 6.22 Å². The van der Waals surface area contributed by atoms with Gasteiger partial charge in [-0.1, -0.05) is 55.4 Å². The number of hydrogen-bond acceptors (Lipinski definition) is 3. The van der Waals surface area contributed by atoms with Crippen LogP contribution in [0.3, 0.4) is 0 Å². The number of Topliss-reactive ketones (excluding diaryl/α,β-unsaturated/α-hetero) is 1. The summed E-state index contributed by atoms with van der Waals surface area (Å²) in [5.41, 5.74) is 0. The third kappa shape index (κ3) is 29.7. The summed E-state index contributed by atoms with van der Waals surface area (Å²) in [6, 6.07) is 0. The summed E-state index contributed by atoms with van der Waals surface area (Å²) in [5.74, 6) is 3.09. The van der Waals surface area contributed by atoms with Crippen molar-refractivity contribution in [2.45, 2.75) is 55.4 Å². The Labute approximate surface area is 121 Å². The van der Waals surface area contributed by atoms with Crippen LogP contribution in [0.15, 0.2) is 0 Å². The second kappa shape index (κ2) is 19.3. The Morgan fingerprint density at radius 1 is 1.17 bits per heavy atom. The highest BCUT2D eigenvalue weighted by Crippen LogP contribution is 2.04. The van der Waals surface area contributed by atoms with Gasteiger partial charge in [-0.25, -0.2) is 0 Å². The maximum absolute atomic E-state index is 11.1. The van der Waals surface area contributed by atoms with Gasteiger partial charge in [0.1, 0.15) is 5.78 Å². The molecule has 0 aliphatic carbocycles. The molecule has 0 aromatic carbocycles. The molecule has 0 aliphatic heterocycles. The average molecular weight is 280 g/mol. The minimum atomic E-state index is 0. The minimum Gasteiger partial charge on any atom is -0.316 e. The van der Waals surface area contributed by atoms with E-state index in [1.54, 1.807) is 11.8 Å². The molecule has 0 radical (unpaired) electrons. The predicted octanol–water partition coefficient (Wildman–Crippen LogP) is 4.49. The summed E-state index contributed by atoms with van der Waals surface area (Å²) in [4.78, 5) is 11.1. The van der Waals surface area contributed by atoms with E-state index in [0.29, 0.717) is 11.5 Å². The standard InChI is InChI=1S/C9H19NOS.C4H10.C2H6.H2/c1-4-10-5-6-12-7-9(11)8(2)3;1-4(2)3;1-2;/h8,10H,4-7H2,1-3H3;4H,1-3H3;1-2H3;1H. The van der Waals surface area contributed by atoms with Gasteiger partial charge in [0.25, 0.3) is 0 Å². The zero-order chi connectivity index (χ0) is 15.0. The maximum atomic E-state index is 11.1. The van der Waals surface area contributed by atoms with E-state index >= 15 is 0 Å². The Kier molecular flexibility index (Phi) is 24.8. The lowest BCUT2D eigenvalue weighted by atomic mass is 10.1. The highest BCUT2D eigenvalue weighted by atomic mass is 32.2. The smallest absolute Gasteiger partial charge is 0.145 e. The molecular formula is C15H37NOS. The highest BCUT2D eigenvalue weighted by Gasteiger charge is 2.05. The first-order valence-corrected chi connectivity index (χ1v) is 8.38. The molecule has 2 nitrogen and oxygen atoms in total. The van der Waals surface area contributed by atoms with Crippen LogP contribution in [0.25, 0.3) is 0 Å². The SMILES string of the molecule is CC.CC(C)C.CCNCCSCC(=O)C(C)C.[HH]. The first kappa shape index (κ1) is 23.1. The van der Waals surface area contributed by atoms with E-state index in [0.717, 1.165) is 24.8 Å². The number of hydrogen-bond donors (Lipinski definition) is 1. The van der Waals surface area contributed by atoms with Gasteiger partial charge in [0, 0.05) is 19.6 Å². The van der Waals surface area contributed by atoms with Crippen LogP contribution >= 0.6 is 11.8 Å². The van der Waals surface area contributed by atoms with Gasteiger partial charge in [-0.3, -0.25) is 4.79 Å². The predicted molar refractivity (Wildman–Crippen MR) is 89.7 cm³/mol. The van der Waals surface area contributed by atoms with Crippen LogP contribution in [0, 0.1) is 11.8 Å². The Bertz CT molecular complexity index is 161. The lowest BCUT2D eigenvalue weighted by molar-refractivity contribution is -0.119. The third-order valence-corrected chi connectivity index (χ3v) is 2.54. The van der Waals surface area contributed by atoms with Gasteiger partial charge in [0.2, 0.25) is 0 Å². The molecule has 0 bridgehead atoms. The number of rotatable bonds is 7. The van der Waals surface area contributed by atoms with Gasteiger partial charge in [-0.2, -0.15) is 11.8 Å². The molecule has 0 aromatic heterocycles. The summed E-state index contributed by atoms with van der Waals surface area (Å²) < 4.78 is 0. The van der Waals surface area contributed by atoms with Crippen molar-refractivity contribution in [3.63, 3.8) is 0 Å². The zero-order valence-corrected chi connectivity index (χ0v) is 14.6. The Hall–Kier alpha value is -0.0200. The monoisotopic (exact) mass is 279 g/mol. The fraction of sp³-hybridized carbons (Fsp3) is 0.933. The molecule has 0 spiro atoms. The van der Waals surface area contributed by atoms with Crippen molar-refractivity contribution >= 4 is 17.5 Å². The third-order valence-electron chi connectivity index (χ3n) is 1.56. The number of carbonyl (C=O) groups excluding carboxylic acids is 1. The molecule has 0 saturated carbocycles. The van der Waals surface area contributed by atoms with Crippen LogP contribution in [0.1, 0.15) is 56.8 Å². The average Bonchev–Trinajstić information content (AvgIpc) is 2.30. The molecular weight excluding hydrogens is 242 g/mol. The largest absolute Gasteiger partial charge is 0.316 e. The van der Waals surface area contributed by atoms with Crippen molar-refractivity contribution in [2.75, 3.05) is 24.6 Å². The maximum Gasteiger partial charge on any atom is 0.145 e. The molecule has 1 N–H and O–H groups in total. The summed E-state index contributed by atoms with van der Waals surface area (Å²) in [6.07, 6.45) is 0. The van der Waals surface area contributed by atoms with Gasteiger partial charge in [0.05, 0.1) is 5.75 Å². The quantitative estimate of drug-likeness (QED) is 0.696. The molecule has 0 fully saturated rings. The van der Waals surface area contributed by atoms with Crippen molar-refractivity contribution in [3.05, 3.63) is 0 Å². The van der Waals surface area contributed by atoms with E-state index in [-0.39, 0.29) is 7.34 Å². The Morgan fingerprint density at radius 2 is 1.61 bits per heavy atom. The van der Waals surface area contributed by atoms with Gasteiger partial charge >= 0.3 is 0 Å². The van der Waals surface area contributed by atoms with Crippen molar-refractivity contribution in [3.8, 4) is 0 Å². The topological polar surface area (TPSA) is 29.1 Å². The number of ketones is 1. The van der Waals surface area contributed by atoms with E-state index in [1.165, 1.54) is 0 Å². The molecule has 0 amide bonds. The van der Waals surface area contributed by atoms with Crippen molar-refractivity contribution in [1.29, 1.82) is 0 Å². The second-order valence-corrected chi connectivity index (χ2v) is 5.86. The van der Waals surface area contributed by atoms with Gasteiger partial charge in [0.15, 0.2) is 0 Å². The minimum absolute atomic E-state index is 0. The first-order chi connectivity index (χ1) is 8.41. The van der Waals surface area contributed by atoms with Gasteiger partial charge in [-0.15, -0.1) is 0 Å². The molecule has 0 aromatic rings. The molecule has 0 saturated heterocycles. The Morgan fingerprint density at radius 3 is 1.94 bits per heavy atom. The van der Waals surface area contributed by atoms with E-state index in [4.69, 9.17) is 0 Å². The lowest BCUT2D eigenvalue weighted by Gasteiger charge is -2.03. The molecule has 3 heteroatoms. The van der Waals surface area contributed by atoms with Crippen LogP contribution in [-0.2, 0) is 4.79 Å². The summed E-state index contributed by atoms with van der Waals surface area (Å²) in [5, 5.41) is 3.22. The molecule has 0 atom stereocenters. The van der Waals surface area contributed by atoms with Crippen LogP contribution in [0.5, 0.6) is 0 Å². The molecule has 114 valence electrons. The van der Waals surface area contributed by atoms with Gasteiger partial charge in [-0.05, 0) is 12.5 Å². The van der Waals surface area contributed by atoms with Crippen LogP contribution in [0.4, 0.5) is 0 Å². The van der Waals surface area contributed by atoms with Crippen LogP contribution in [0.2, 0.25) is 0 Å². The number of thioether (sulfide) groups is 1. The summed E-state index contributed by atoms with van der Waals surface area (Å²) in [7, 11) is 0. The fourth-order valence-corrected chi connectivity index (χ4v) is 1.63. The van der Waals surface area contributed by atoms with Gasteiger partial charge < -0.3 is 5.32 Å². The summed E-state index contributed by atoms with van der Waals surface area (Å²) in [6.45, 7) is 18.5. The fourth-order valence-electron chi connectivity index (χ4n) is 0.661. The summed E-state index contributed by atoms with van der Waals surface area (Å²) >= 11 is 1.72. The molecule has 18 heavy (non-hydrogen) atoms. The van der Waals surface area contributed by atoms with E-state index in [1.807, 2.05) is 27.7 Å². The lowest BCUT2D eigenvalue weighted by Crippen LogP contribution is -2.17. The number of nitrogens with one attached hydrogen (secondary N) is 1. The second-order valence-electron chi connectivity index (χ2n) is 4.76. The zero-order valence-electron chi connectivity index (χ0n) is 13.8. The molecule has 0 unspecified atom stereocenters. The molecule has 0 rings (SSSR count). The van der Waals surface area contributed by atoms with Crippen molar-refractivity contribution in [2.24, 2.45) is 11.8 Å². The molecule has 0 aliphatic rings. The highest BCUT2D eigenvalue weighted by molar-refractivity contribution is 7.99. The van der Waals surface area contributed by atoms with E-state index in [2.05, 4.69) is 33.0 Å². The van der Waals surface area contributed by atoms with E-state index in [9.17, 15) is 4.79 Å². The first-order valence-electron chi connectivity index (χ1n) is 7.22. The Balaban J connectivity index is -0.000000137. The van der Waals surface area contributed by atoms with Crippen LogP contribution in [-0.4, -0.2) is 30.4 Å². The van der Waals surface area contributed by atoms with E-state index < -0.39 is 0 Å².